The third-order valence-corrected chi connectivity index (χ3v) is 6.40. The summed E-state index contributed by atoms with van der Waals surface area (Å²) in [5.41, 5.74) is 4.76. The molecule has 3 aromatic rings. The molecule has 1 N–H and O–H groups in total. The normalized spacial score (nSPS) is 16.3. The van der Waals surface area contributed by atoms with Crippen molar-refractivity contribution in [3.8, 4) is 11.5 Å². The van der Waals surface area contributed by atoms with Gasteiger partial charge >= 0.3 is 0 Å². The Morgan fingerprint density at radius 3 is 2.89 bits per heavy atom. The number of hydrogen-bond acceptors (Lipinski definition) is 3. The van der Waals surface area contributed by atoms with E-state index in [1.165, 1.54) is 26.4 Å². The predicted octanol–water partition coefficient (Wildman–Crippen LogP) is 5.36. The van der Waals surface area contributed by atoms with Crippen LogP contribution in [0, 0.1) is 0 Å². The molecular formula is C23H20NO2S+. The van der Waals surface area contributed by atoms with Gasteiger partial charge in [0.2, 0.25) is 5.52 Å². The fourth-order valence-electron chi connectivity index (χ4n) is 3.80. The summed E-state index contributed by atoms with van der Waals surface area (Å²) >= 11 is 1.80. The van der Waals surface area contributed by atoms with Crippen molar-refractivity contribution in [1.82, 2.24) is 0 Å². The number of aromatic nitrogens is 1. The van der Waals surface area contributed by atoms with Crippen molar-refractivity contribution in [1.29, 1.82) is 0 Å². The van der Waals surface area contributed by atoms with Crippen LogP contribution in [-0.4, -0.2) is 5.11 Å². The number of nitrogens with zero attached hydrogens (tertiary/aromatic N) is 1. The molecule has 2 aliphatic rings. The van der Waals surface area contributed by atoms with Gasteiger partial charge in [0.25, 0.3) is 5.01 Å². The summed E-state index contributed by atoms with van der Waals surface area (Å²) in [6.45, 7) is 0. The Morgan fingerprint density at radius 2 is 2.00 bits per heavy atom. The summed E-state index contributed by atoms with van der Waals surface area (Å²) in [5, 5.41) is 11.0. The van der Waals surface area contributed by atoms with Gasteiger partial charge in [-0.15, -0.1) is 0 Å². The number of allylic oxidation sites excluding steroid dienone is 3. The molecule has 4 heteroatoms. The van der Waals surface area contributed by atoms with E-state index < -0.39 is 0 Å². The van der Waals surface area contributed by atoms with Crippen LogP contribution in [0.2, 0.25) is 0 Å². The molecule has 0 atom stereocenters. The predicted molar refractivity (Wildman–Crippen MR) is 110 cm³/mol. The van der Waals surface area contributed by atoms with E-state index in [9.17, 15) is 5.11 Å². The number of benzene rings is 2. The Hall–Kier alpha value is -2.85. The number of phenols is 1. The summed E-state index contributed by atoms with van der Waals surface area (Å²) < 4.78 is 9.73. The highest BCUT2D eigenvalue weighted by molar-refractivity contribution is 7.18. The van der Waals surface area contributed by atoms with Crippen molar-refractivity contribution >= 4 is 33.7 Å². The van der Waals surface area contributed by atoms with Gasteiger partial charge in [0, 0.05) is 23.8 Å². The molecule has 0 radical (unpaired) electrons. The van der Waals surface area contributed by atoms with Crippen LogP contribution in [0.5, 0.6) is 11.5 Å². The number of fused-ring (bicyclic) bond motifs is 3. The lowest BCUT2D eigenvalue weighted by Crippen LogP contribution is -2.28. The Morgan fingerprint density at radius 1 is 1.11 bits per heavy atom. The molecule has 1 aliphatic heterocycles. The quantitative estimate of drug-likeness (QED) is 0.613. The molecule has 1 aliphatic carbocycles. The fraction of sp³-hybridized carbons (Fsp3) is 0.174. The van der Waals surface area contributed by atoms with Crippen LogP contribution in [0.15, 0.2) is 65.4 Å². The van der Waals surface area contributed by atoms with E-state index in [1.807, 2.05) is 6.07 Å². The summed E-state index contributed by atoms with van der Waals surface area (Å²) in [6, 6.07) is 13.8. The monoisotopic (exact) mass is 374 g/mol. The van der Waals surface area contributed by atoms with Gasteiger partial charge in [-0.05, 0) is 60.8 Å². The zero-order chi connectivity index (χ0) is 18.4. The van der Waals surface area contributed by atoms with Crippen LogP contribution in [0.4, 0.5) is 0 Å². The van der Waals surface area contributed by atoms with Gasteiger partial charge in [0.1, 0.15) is 29.0 Å². The van der Waals surface area contributed by atoms with Crippen LogP contribution >= 0.6 is 11.3 Å². The van der Waals surface area contributed by atoms with E-state index in [-0.39, 0.29) is 5.75 Å². The number of phenolic OH excluding ortho intramolecular Hbond substituents is 1. The van der Waals surface area contributed by atoms with Crippen molar-refractivity contribution < 1.29 is 14.4 Å². The van der Waals surface area contributed by atoms with Crippen LogP contribution < -0.4 is 9.30 Å². The molecule has 0 spiro atoms. The maximum atomic E-state index is 9.77. The molecule has 2 heterocycles. The first-order valence-corrected chi connectivity index (χ1v) is 10.0. The summed E-state index contributed by atoms with van der Waals surface area (Å²) in [6.07, 6.45) is 9.75. The van der Waals surface area contributed by atoms with Gasteiger partial charge in [-0.25, -0.2) is 0 Å². The first-order valence-electron chi connectivity index (χ1n) is 9.20. The summed E-state index contributed by atoms with van der Waals surface area (Å²) in [7, 11) is 2.11. The molecule has 3 nitrogen and oxygen atoms in total. The van der Waals surface area contributed by atoms with Gasteiger partial charge in [-0.3, -0.25) is 0 Å². The van der Waals surface area contributed by atoms with E-state index >= 15 is 0 Å². The minimum Gasteiger partial charge on any atom is -0.508 e. The first-order chi connectivity index (χ1) is 13.2. The van der Waals surface area contributed by atoms with Gasteiger partial charge in [-0.2, -0.15) is 4.57 Å². The van der Waals surface area contributed by atoms with Crippen LogP contribution in [0.25, 0.3) is 22.4 Å². The van der Waals surface area contributed by atoms with Crippen molar-refractivity contribution in [3.05, 3.63) is 76.0 Å². The molecule has 0 saturated carbocycles. The van der Waals surface area contributed by atoms with Crippen molar-refractivity contribution in [2.24, 2.45) is 7.05 Å². The Kier molecular flexibility index (Phi) is 3.87. The zero-order valence-corrected chi connectivity index (χ0v) is 15.9. The minimum absolute atomic E-state index is 0.233. The lowest BCUT2D eigenvalue weighted by molar-refractivity contribution is -0.642. The van der Waals surface area contributed by atoms with Crippen molar-refractivity contribution in [3.63, 3.8) is 0 Å². The highest BCUT2D eigenvalue weighted by Crippen LogP contribution is 2.40. The van der Waals surface area contributed by atoms with Gasteiger partial charge in [0.15, 0.2) is 0 Å². The number of ether oxygens (including phenoxy) is 1. The molecule has 134 valence electrons. The average Bonchev–Trinajstić information content (AvgIpc) is 3.01. The third kappa shape index (κ3) is 2.86. The van der Waals surface area contributed by atoms with Crippen molar-refractivity contribution in [2.45, 2.75) is 19.3 Å². The Labute approximate surface area is 162 Å². The lowest BCUT2D eigenvalue weighted by Gasteiger charge is -2.26. The van der Waals surface area contributed by atoms with Gasteiger partial charge in [0.05, 0.1) is 0 Å². The third-order valence-electron chi connectivity index (χ3n) is 5.21. The highest BCUT2D eigenvalue weighted by Gasteiger charge is 2.24. The van der Waals surface area contributed by atoms with E-state index in [2.05, 4.69) is 54.1 Å². The van der Waals surface area contributed by atoms with E-state index in [0.717, 1.165) is 36.3 Å². The molecular weight excluding hydrogens is 354 g/mol. The second-order valence-corrected chi connectivity index (χ2v) is 8.06. The Bertz CT molecular complexity index is 1150. The maximum Gasteiger partial charge on any atom is 0.262 e. The van der Waals surface area contributed by atoms with Crippen LogP contribution in [0.1, 0.15) is 29.8 Å². The molecule has 0 amide bonds. The van der Waals surface area contributed by atoms with Gasteiger partial charge in [-0.1, -0.05) is 23.5 Å². The van der Waals surface area contributed by atoms with E-state index in [1.54, 1.807) is 23.5 Å². The minimum atomic E-state index is 0.233. The van der Waals surface area contributed by atoms with Gasteiger partial charge < -0.3 is 9.84 Å². The average molecular weight is 374 g/mol. The lowest BCUT2D eigenvalue weighted by atomic mass is 9.90. The smallest absolute Gasteiger partial charge is 0.262 e. The maximum absolute atomic E-state index is 9.77. The Balaban J connectivity index is 1.54. The molecule has 0 unspecified atom stereocenters. The largest absolute Gasteiger partial charge is 0.508 e. The molecule has 0 bridgehead atoms. The SMILES string of the molecule is C[n+]1c(/C=C/C2=C3Oc4cc(O)ccc4C=C3CCC2)sc2ccccc21. The van der Waals surface area contributed by atoms with Crippen molar-refractivity contribution in [2.75, 3.05) is 0 Å². The zero-order valence-electron chi connectivity index (χ0n) is 15.1. The number of aromatic hydroxyl groups is 1. The first kappa shape index (κ1) is 16.3. The standard InChI is InChI=1S/C23H19NO2S/c1-24-19-7-2-3-8-21(19)27-22(24)12-10-15-5-4-6-17-13-16-9-11-18(25)14-20(16)26-23(15)17/h2-3,7-14H,4-6H2,1H3/p+1. The number of aryl methyl sites for hydroxylation is 1. The molecule has 0 fully saturated rings. The van der Waals surface area contributed by atoms with Crippen LogP contribution in [0.3, 0.4) is 0 Å². The number of hydrogen-bond donors (Lipinski definition) is 1. The summed E-state index contributed by atoms with van der Waals surface area (Å²) in [5.74, 6) is 1.92. The van der Waals surface area contributed by atoms with Crippen LogP contribution in [-0.2, 0) is 7.05 Å². The number of thiazole rings is 1. The second-order valence-electron chi connectivity index (χ2n) is 7.00. The van der Waals surface area contributed by atoms with E-state index in [4.69, 9.17) is 4.74 Å². The highest BCUT2D eigenvalue weighted by atomic mass is 32.1. The molecule has 27 heavy (non-hydrogen) atoms. The second kappa shape index (κ2) is 6.39. The molecule has 5 rings (SSSR count). The number of rotatable bonds is 2. The topological polar surface area (TPSA) is 33.3 Å². The van der Waals surface area contributed by atoms with E-state index in [0.29, 0.717) is 0 Å². The number of para-hydroxylation sites is 1. The molecule has 0 saturated heterocycles. The molecule has 2 aromatic carbocycles. The summed E-state index contributed by atoms with van der Waals surface area (Å²) in [4.78, 5) is 0. The fourth-order valence-corrected chi connectivity index (χ4v) is 4.85. The molecule has 1 aromatic heterocycles.